The molecule has 10 heteroatoms. The number of nitrogens with zero attached hydrogens (tertiary/aromatic N) is 3. The van der Waals surface area contributed by atoms with Crippen LogP contribution in [-0.2, 0) is 5.75 Å². The predicted molar refractivity (Wildman–Crippen MR) is 140 cm³/mol. The molecule has 1 aliphatic rings. The molecule has 3 heterocycles. The molecule has 3 aromatic carbocycles. The number of anilines is 1. The van der Waals surface area contributed by atoms with Crippen LogP contribution in [0.25, 0.3) is 11.0 Å². The number of hydrogen-bond acceptors (Lipinski definition) is 8. The number of ether oxygens (including phenoxy) is 1. The molecule has 184 valence electrons. The van der Waals surface area contributed by atoms with E-state index in [-0.39, 0.29) is 22.3 Å². The van der Waals surface area contributed by atoms with Crippen molar-refractivity contribution < 1.29 is 18.3 Å². The summed E-state index contributed by atoms with van der Waals surface area (Å²) < 4.78 is 25.8. The Morgan fingerprint density at radius 3 is 2.59 bits per heavy atom. The van der Waals surface area contributed by atoms with Crippen molar-refractivity contribution in [3.05, 3.63) is 111 Å². The van der Waals surface area contributed by atoms with Crippen LogP contribution in [0.15, 0.2) is 86.3 Å². The minimum atomic E-state index is -0.822. The van der Waals surface area contributed by atoms with Gasteiger partial charge < -0.3 is 9.15 Å². The zero-order valence-corrected chi connectivity index (χ0v) is 21.0. The molecule has 0 N–H and O–H groups in total. The molecule has 0 saturated heterocycles. The van der Waals surface area contributed by atoms with Crippen molar-refractivity contribution in [2.45, 2.75) is 16.1 Å². The Balaban J connectivity index is 1.45. The number of thioether (sulfide) groups is 1. The molecular weight excluding hydrogens is 513 g/mol. The highest BCUT2D eigenvalue weighted by molar-refractivity contribution is 8.00. The van der Waals surface area contributed by atoms with Gasteiger partial charge in [-0.1, -0.05) is 65.6 Å². The molecule has 37 heavy (non-hydrogen) atoms. The number of fused-ring (bicyclic) bond motifs is 2. The van der Waals surface area contributed by atoms with Crippen LogP contribution >= 0.6 is 23.1 Å². The van der Waals surface area contributed by atoms with Crippen LogP contribution in [0.4, 0.5) is 9.52 Å². The Kier molecular flexibility index (Phi) is 5.97. The van der Waals surface area contributed by atoms with Crippen molar-refractivity contribution in [3.63, 3.8) is 0 Å². The third-order valence-corrected chi connectivity index (χ3v) is 8.20. The van der Waals surface area contributed by atoms with E-state index in [0.29, 0.717) is 26.5 Å². The van der Waals surface area contributed by atoms with E-state index in [1.54, 1.807) is 31.4 Å². The Hall–Kier alpha value is -4.02. The van der Waals surface area contributed by atoms with Gasteiger partial charge in [-0.2, -0.15) is 0 Å². The fraction of sp³-hybridized carbons (Fsp3) is 0.111. The molecule has 0 spiro atoms. The SMILES string of the molecule is COc1ccc(C2c3c(oc4ccc(F)cc4c3=O)C(=O)N2c2nnc(SCc3ccccc3)s2)cc1. The second-order valence-corrected chi connectivity index (χ2v) is 10.5. The van der Waals surface area contributed by atoms with E-state index in [1.807, 2.05) is 30.3 Å². The van der Waals surface area contributed by atoms with Gasteiger partial charge in [0.15, 0.2) is 9.77 Å². The van der Waals surface area contributed by atoms with Crippen molar-refractivity contribution in [2.75, 3.05) is 12.0 Å². The van der Waals surface area contributed by atoms with Gasteiger partial charge in [0.2, 0.25) is 10.9 Å². The van der Waals surface area contributed by atoms with Crippen molar-refractivity contribution in [1.82, 2.24) is 10.2 Å². The van der Waals surface area contributed by atoms with Crippen LogP contribution in [0.3, 0.4) is 0 Å². The lowest BCUT2D eigenvalue weighted by Gasteiger charge is -2.22. The molecule has 7 nitrogen and oxygen atoms in total. The largest absolute Gasteiger partial charge is 0.497 e. The van der Waals surface area contributed by atoms with Gasteiger partial charge in [-0.05, 0) is 41.5 Å². The zero-order valence-electron chi connectivity index (χ0n) is 19.4. The summed E-state index contributed by atoms with van der Waals surface area (Å²) in [6.07, 6.45) is 0. The van der Waals surface area contributed by atoms with Crippen LogP contribution < -0.4 is 15.1 Å². The Morgan fingerprint density at radius 1 is 1.05 bits per heavy atom. The van der Waals surface area contributed by atoms with Gasteiger partial charge in [-0.3, -0.25) is 14.5 Å². The monoisotopic (exact) mass is 531 g/mol. The summed E-state index contributed by atoms with van der Waals surface area (Å²) in [5.74, 6) is 0.172. The van der Waals surface area contributed by atoms with E-state index in [2.05, 4.69) is 10.2 Å². The molecule has 2 aromatic heterocycles. The average molecular weight is 532 g/mol. The molecule has 1 unspecified atom stereocenters. The van der Waals surface area contributed by atoms with Crippen molar-refractivity contribution >= 4 is 45.1 Å². The highest BCUT2D eigenvalue weighted by Crippen LogP contribution is 2.43. The highest BCUT2D eigenvalue weighted by atomic mass is 32.2. The number of benzene rings is 3. The predicted octanol–water partition coefficient (Wildman–Crippen LogP) is 5.83. The molecular formula is C27H18FN3O4S2. The van der Waals surface area contributed by atoms with E-state index in [0.717, 1.165) is 11.6 Å². The van der Waals surface area contributed by atoms with Crippen molar-refractivity contribution in [1.29, 1.82) is 0 Å². The first-order valence-corrected chi connectivity index (χ1v) is 13.1. The van der Waals surface area contributed by atoms with E-state index >= 15 is 0 Å². The number of methoxy groups -OCH3 is 1. The number of rotatable bonds is 6. The lowest BCUT2D eigenvalue weighted by atomic mass is 9.98. The molecule has 5 aromatic rings. The van der Waals surface area contributed by atoms with Gasteiger partial charge in [0, 0.05) is 5.75 Å². The molecule has 1 atom stereocenters. The van der Waals surface area contributed by atoms with Crippen LogP contribution in [0.1, 0.15) is 33.3 Å². The van der Waals surface area contributed by atoms with Gasteiger partial charge in [-0.15, -0.1) is 10.2 Å². The second-order valence-electron chi connectivity index (χ2n) is 8.29. The number of hydrogen-bond donors (Lipinski definition) is 0. The Bertz CT molecular complexity index is 1690. The van der Waals surface area contributed by atoms with Gasteiger partial charge in [0.25, 0.3) is 5.91 Å². The van der Waals surface area contributed by atoms with Gasteiger partial charge in [0.1, 0.15) is 17.1 Å². The van der Waals surface area contributed by atoms with Crippen molar-refractivity contribution in [2.24, 2.45) is 0 Å². The summed E-state index contributed by atoms with van der Waals surface area (Å²) in [5, 5.41) is 8.98. The molecule has 0 saturated carbocycles. The van der Waals surface area contributed by atoms with Gasteiger partial charge in [0.05, 0.1) is 24.1 Å². The lowest BCUT2D eigenvalue weighted by Crippen LogP contribution is -2.29. The number of carbonyl (C=O) groups is 1. The molecule has 0 aliphatic carbocycles. The standard InChI is InChI=1S/C27H18FN3O4S2/c1-34-18-10-7-16(8-11-18)22-21-23(32)19-13-17(28)9-12-20(19)35-24(21)25(33)31(22)26-29-30-27(37-26)36-14-15-5-3-2-4-6-15/h2-13,22H,14H2,1H3. The highest BCUT2D eigenvalue weighted by Gasteiger charge is 2.45. The first-order chi connectivity index (χ1) is 18.0. The maximum atomic E-state index is 14.0. The maximum absolute atomic E-state index is 14.0. The normalized spacial score (nSPS) is 14.8. The minimum Gasteiger partial charge on any atom is -0.497 e. The third-order valence-electron chi connectivity index (χ3n) is 6.07. The topological polar surface area (TPSA) is 85.5 Å². The van der Waals surface area contributed by atoms with E-state index in [4.69, 9.17) is 9.15 Å². The number of aromatic nitrogens is 2. The quantitative estimate of drug-likeness (QED) is 0.201. The first kappa shape index (κ1) is 23.4. The fourth-order valence-electron chi connectivity index (χ4n) is 4.32. The smallest absolute Gasteiger partial charge is 0.297 e. The Morgan fingerprint density at radius 2 is 1.84 bits per heavy atom. The number of halogens is 1. The average Bonchev–Trinajstić information content (AvgIpc) is 3.51. The fourth-order valence-corrected chi connectivity index (χ4v) is 6.14. The summed E-state index contributed by atoms with van der Waals surface area (Å²) in [6, 6.07) is 19.9. The minimum absolute atomic E-state index is 0.0725. The number of amides is 1. The summed E-state index contributed by atoms with van der Waals surface area (Å²) in [7, 11) is 1.56. The summed E-state index contributed by atoms with van der Waals surface area (Å²) >= 11 is 2.77. The summed E-state index contributed by atoms with van der Waals surface area (Å²) in [4.78, 5) is 28.7. The van der Waals surface area contributed by atoms with Crippen LogP contribution in [0.5, 0.6) is 5.75 Å². The van der Waals surface area contributed by atoms with Gasteiger partial charge in [-0.25, -0.2) is 4.39 Å². The van der Waals surface area contributed by atoms with Crippen molar-refractivity contribution in [3.8, 4) is 5.75 Å². The molecule has 6 rings (SSSR count). The van der Waals surface area contributed by atoms with E-state index in [1.165, 1.54) is 40.1 Å². The van der Waals surface area contributed by atoms with Crippen LogP contribution in [-0.4, -0.2) is 23.2 Å². The Labute approximate surface area is 218 Å². The molecule has 1 amide bonds. The maximum Gasteiger partial charge on any atom is 0.297 e. The van der Waals surface area contributed by atoms with E-state index in [9.17, 15) is 14.0 Å². The third kappa shape index (κ3) is 4.17. The lowest BCUT2D eigenvalue weighted by molar-refractivity contribution is 0.0970. The first-order valence-electron chi connectivity index (χ1n) is 11.3. The van der Waals surface area contributed by atoms with E-state index < -0.39 is 23.2 Å². The molecule has 0 radical (unpaired) electrons. The van der Waals surface area contributed by atoms with Crippen LogP contribution in [0, 0.1) is 5.82 Å². The van der Waals surface area contributed by atoms with Crippen LogP contribution in [0.2, 0.25) is 0 Å². The summed E-state index contributed by atoms with van der Waals surface area (Å²) in [6.45, 7) is 0. The summed E-state index contributed by atoms with van der Waals surface area (Å²) in [5.41, 5.74) is 1.62. The second kappa shape index (κ2) is 9.45. The number of carbonyl (C=O) groups excluding carboxylic acids is 1. The molecule has 0 bridgehead atoms. The molecule has 0 fully saturated rings. The van der Waals surface area contributed by atoms with Gasteiger partial charge >= 0.3 is 0 Å². The molecule has 1 aliphatic heterocycles. The zero-order chi connectivity index (χ0) is 25.5.